The van der Waals surface area contributed by atoms with E-state index in [-0.39, 0.29) is 11.7 Å². The van der Waals surface area contributed by atoms with E-state index in [4.69, 9.17) is 0 Å². The van der Waals surface area contributed by atoms with Crippen LogP contribution >= 0.6 is 11.8 Å². The zero-order valence-corrected chi connectivity index (χ0v) is 14.3. The van der Waals surface area contributed by atoms with E-state index in [1.54, 1.807) is 0 Å². The highest BCUT2D eigenvalue weighted by Gasteiger charge is 2.12. The van der Waals surface area contributed by atoms with Crippen LogP contribution in [0.25, 0.3) is 0 Å². The second kappa shape index (κ2) is 8.20. The number of thioether (sulfide) groups is 1. The number of nitrogens with one attached hydrogen (secondary N) is 1. The molecule has 0 unspecified atom stereocenters. The predicted octanol–water partition coefficient (Wildman–Crippen LogP) is 1.95. The minimum Gasteiger partial charge on any atom is -0.502 e. The summed E-state index contributed by atoms with van der Waals surface area (Å²) in [6.45, 7) is 3.69. The molecular weight excluding hydrogens is 346 g/mol. The minimum absolute atomic E-state index is 0.0793. The largest absolute Gasteiger partial charge is 0.502 e. The molecule has 0 aliphatic heterocycles. The smallest absolute Gasteiger partial charge is 0.311 e. The van der Waals surface area contributed by atoms with Gasteiger partial charge in [0, 0.05) is 23.0 Å². The number of nitro groups is 1. The first kappa shape index (κ1) is 18.3. The molecule has 0 saturated heterocycles. The zero-order chi connectivity index (χ0) is 18.4. The second-order valence-electron chi connectivity index (χ2n) is 5.02. The van der Waals surface area contributed by atoms with Crippen molar-refractivity contribution in [2.45, 2.75) is 19.0 Å². The molecule has 1 amide bonds. The van der Waals surface area contributed by atoms with Crippen LogP contribution in [0.2, 0.25) is 0 Å². The van der Waals surface area contributed by atoms with Crippen LogP contribution in [-0.2, 0) is 4.79 Å². The van der Waals surface area contributed by atoms with Gasteiger partial charge < -0.3 is 5.11 Å². The van der Waals surface area contributed by atoms with Gasteiger partial charge in [0.1, 0.15) is 0 Å². The number of aromatic nitrogens is 2. The Balaban J connectivity index is 1.90. The number of aromatic hydroxyl groups is 1. The van der Waals surface area contributed by atoms with Crippen LogP contribution < -0.4 is 5.43 Å². The zero-order valence-electron chi connectivity index (χ0n) is 13.5. The molecule has 2 aromatic rings. The van der Waals surface area contributed by atoms with Crippen LogP contribution in [0.5, 0.6) is 5.75 Å². The molecule has 0 aliphatic carbocycles. The van der Waals surface area contributed by atoms with Crippen molar-refractivity contribution < 1.29 is 14.8 Å². The molecule has 0 radical (unpaired) electrons. The van der Waals surface area contributed by atoms with Crippen LogP contribution in [-0.4, -0.2) is 37.9 Å². The Kier molecular flexibility index (Phi) is 6.01. The van der Waals surface area contributed by atoms with Gasteiger partial charge in [0.25, 0.3) is 5.91 Å². The molecule has 0 fully saturated rings. The normalized spacial score (nSPS) is 10.8. The molecule has 0 aliphatic rings. The summed E-state index contributed by atoms with van der Waals surface area (Å²) in [5, 5.41) is 24.3. The number of hydrogen-bond donors (Lipinski definition) is 2. The molecule has 9 nitrogen and oxygen atoms in total. The van der Waals surface area contributed by atoms with Gasteiger partial charge in [-0.2, -0.15) is 5.10 Å². The van der Waals surface area contributed by atoms with E-state index in [0.29, 0.717) is 10.7 Å². The predicted molar refractivity (Wildman–Crippen MR) is 92.7 cm³/mol. The molecule has 0 spiro atoms. The van der Waals surface area contributed by atoms with E-state index in [0.717, 1.165) is 17.5 Å². The van der Waals surface area contributed by atoms with Crippen LogP contribution in [0.3, 0.4) is 0 Å². The number of phenolic OH excluding ortho intramolecular Hbond substituents is 1. The van der Waals surface area contributed by atoms with Gasteiger partial charge in [-0.1, -0.05) is 11.8 Å². The Morgan fingerprint density at radius 3 is 2.68 bits per heavy atom. The van der Waals surface area contributed by atoms with Gasteiger partial charge in [0.2, 0.25) is 0 Å². The van der Waals surface area contributed by atoms with Gasteiger partial charge in [-0.15, -0.1) is 0 Å². The number of amides is 1. The fourth-order valence-corrected chi connectivity index (χ4v) is 2.61. The number of carbonyl (C=O) groups is 1. The number of aryl methyl sites for hydroxylation is 2. The van der Waals surface area contributed by atoms with Crippen LogP contribution in [0.4, 0.5) is 5.69 Å². The van der Waals surface area contributed by atoms with Gasteiger partial charge in [-0.05, 0) is 32.0 Å². The number of nitrogens with zero attached hydrogens (tertiary/aromatic N) is 4. The Hall–Kier alpha value is -3.01. The molecule has 1 aromatic carbocycles. The Bertz CT molecular complexity index is 820. The van der Waals surface area contributed by atoms with E-state index in [9.17, 15) is 20.0 Å². The first-order valence-electron chi connectivity index (χ1n) is 7.09. The van der Waals surface area contributed by atoms with Crippen molar-refractivity contribution in [2.24, 2.45) is 5.10 Å². The van der Waals surface area contributed by atoms with Crippen LogP contribution in [0.1, 0.15) is 17.0 Å². The lowest BCUT2D eigenvalue weighted by atomic mass is 10.2. The molecule has 0 saturated carbocycles. The van der Waals surface area contributed by atoms with Crippen molar-refractivity contribution in [1.82, 2.24) is 15.4 Å². The van der Waals surface area contributed by atoms with Gasteiger partial charge in [-0.3, -0.25) is 14.9 Å². The quantitative estimate of drug-likeness (QED) is 0.264. The van der Waals surface area contributed by atoms with Crippen LogP contribution in [0, 0.1) is 24.0 Å². The first-order chi connectivity index (χ1) is 11.8. The summed E-state index contributed by atoms with van der Waals surface area (Å²) in [7, 11) is 0. The van der Waals surface area contributed by atoms with E-state index >= 15 is 0 Å². The number of benzene rings is 1. The van der Waals surface area contributed by atoms with Crippen molar-refractivity contribution in [1.29, 1.82) is 0 Å². The summed E-state index contributed by atoms with van der Waals surface area (Å²) in [4.78, 5) is 30.2. The Morgan fingerprint density at radius 1 is 1.36 bits per heavy atom. The van der Waals surface area contributed by atoms with Crippen molar-refractivity contribution in [3.63, 3.8) is 0 Å². The lowest BCUT2D eigenvalue weighted by Crippen LogP contribution is -2.19. The van der Waals surface area contributed by atoms with Crippen molar-refractivity contribution in [3.8, 4) is 5.75 Å². The summed E-state index contributed by atoms with van der Waals surface area (Å²) in [6.07, 6.45) is 1.25. The minimum atomic E-state index is -0.703. The number of nitro benzene ring substituents is 1. The SMILES string of the molecule is Cc1cc(C)nc(SCC(=O)N/N=C\c2ccc(O)c([N+](=O)[O-])c2)n1. The highest BCUT2D eigenvalue weighted by atomic mass is 32.2. The van der Waals surface area contributed by atoms with E-state index in [2.05, 4.69) is 20.5 Å². The molecule has 2 N–H and O–H groups in total. The fourth-order valence-electron chi connectivity index (χ4n) is 1.87. The molecule has 130 valence electrons. The van der Waals surface area contributed by atoms with E-state index in [1.165, 1.54) is 30.1 Å². The summed E-state index contributed by atoms with van der Waals surface area (Å²) in [5.74, 6) is -0.719. The maximum atomic E-state index is 11.8. The summed E-state index contributed by atoms with van der Waals surface area (Å²) in [5.41, 5.74) is 3.90. The van der Waals surface area contributed by atoms with Crippen molar-refractivity contribution in [3.05, 3.63) is 51.3 Å². The molecule has 25 heavy (non-hydrogen) atoms. The molecule has 10 heteroatoms. The molecule has 0 bridgehead atoms. The first-order valence-corrected chi connectivity index (χ1v) is 8.08. The molecule has 2 rings (SSSR count). The average molecular weight is 361 g/mol. The van der Waals surface area contributed by atoms with Gasteiger partial charge in [0.05, 0.1) is 16.9 Å². The molecule has 1 heterocycles. The topological polar surface area (TPSA) is 131 Å². The lowest BCUT2D eigenvalue weighted by molar-refractivity contribution is -0.385. The standard InChI is InChI=1S/C15H15N5O4S/c1-9-5-10(2)18-15(17-9)25-8-14(22)19-16-7-11-3-4-13(21)12(6-11)20(23)24/h3-7,21H,8H2,1-2H3,(H,19,22)/b16-7-. The summed E-state index contributed by atoms with van der Waals surface area (Å²) < 4.78 is 0. The van der Waals surface area contributed by atoms with E-state index in [1.807, 2.05) is 19.9 Å². The number of rotatable bonds is 6. The van der Waals surface area contributed by atoms with E-state index < -0.39 is 16.4 Å². The number of hydrogen-bond acceptors (Lipinski definition) is 8. The molecular formula is C15H15N5O4S. The third-order valence-corrected chi connectivity index (χ3v) is 3.74. The maximum absolute atomic E-state index is 11.8. The highest BCUT2D eigenvalue weighted by molar-refractivity contribution is 7.99. The van der Waals surface area contributed by atoms with Crippen LogP contribution in [0.15, 0.2) is 34.5 Å². The second-order valence-corrected chi connectivity index (χ2v) is 5.96. The molecule has 1 aromatic heterocycles. The average Bonchev–Trinajstić information content (AvgIpc) is 2.53. The third kappa shape index (κ3) is 5.53. The van der Waals surface area contributed by atoms with Crippen molar-refractivity contribution >= 4 is 29.6 Å². The molecule has 0 atom stereocenters. The Morgan fingerprint density at radius 2 is 2.04 bits per heavy atom. The Labute approximate surface area is 147 Å². The van der Waals surface area contributed by atoms with Gasteiger partial charge in [-0.25, -0.2) is 15.4 Å². The third-order valence-electron chi connectivity index (χ3n) is 2.89. The summed E-state index contributed by atoms with van der Waals surface area (Å²) in [6, 6.07) is 5.62. The monoisotopic (exact) mass is 361 g/mol. The number of carbonyl (C=O) groups excluding carboxylic acids is 1. The van der Waals surface area contributed by atoms with Crippen molar-refractivity contribution in [2.75, 3.05) is 5.75 Å². The fraction of sp³-hybridized carbons (Fsp3) is 0.200. The highest BCUT2D eigenvalue weighted by Crippen LogP contribution is 2.25. The summed E-state index contributed by atoms with van der Waals surface area (Å²) >= 11 is 1.18. The van der Waals surface area contributed by atoms with Gasteiger partial charge in [0.15, 0.2) is 10.9 Å². The maximum Gasteiger partial charge on any atom is 0.311 e. The number of hydrazone groups is 1. The van der Waals surface area contributed by atoms with Gasteiger partial charge >= 0.3 is 5.69 Å². The number of phenols is 1. The lowest BCUT2D eigenvalue weighted by Gasteiger charge is -2.02.